The van der Waals surface area contributed by atoms with Crippen LogP contribution in [0.5, 0.6) is 0 Å². The quantitative estimate of drug-likeness (QED) is 0.606. The number of carbonyl (C=O) groups excluding carboxylic acids is 2. The molecule has 8 nitrogen and oxygen atoms in total. The van der Waals surface area contributed by atoms with E-state index in [0.717, 1.165) is 14.7 Å². The lowest BCUT2D eigenvalue weighted by molar-refractivity contribution is -0.141. The second-order valence-corrected chi connectivity index (χ2v) is 6.68. The van der Waals surface area contributed by atoms with Crippen LogP contribution in [-0.4, -0.2) is 38.3 Å². The number of esters is 1. The average Bonchev–Trinajstić information content (AvgIpc) is 3.15. The standard InChI is InChI=1S/C14H12BrN5O3S/c1-23-13(22)6-20-10-3-2-9(15)4-11(10)24-14(20)18-12(21)5-19-8-16-7-17-19/h2-4,7-8H,5-6H2,1H3. The first-order valence-electron chi connectivity index (χ1n) is 6.82. The van der Waals surface area contributed by atoms with Gasteiger partial charge in [0, 0.05) is 4.47 Å². The van der Waals surface area contributed by atoms with E-state index in [0.29, 0.717) is 4.80 Å². The molecule has 24 heavy (non-hydrogen) atoms. The summed E-state index contributed by atoms with van der Waals surface area (Å²) in [6.45, 7) is -0.0380. The number of halogens is 1. The lowest BCUT2D eigenvalue weighted by atomic mass is 10.3. The van der Waals surface area contributed by atoms with Crippen LogP contribution in [-0.2, 0) is 27.4 Å². The zero-order chi connectivity index (χ0) is 17.1. The summed E-state index contributed by atoms with van der Waals surface area (Å²) >= 11 is 4.73. The van der Waals surface area contributed by atoms with E-state index in [4.69, 9.17) is 4.74 Å². The molecule has 2 aromatic heterocycles. The summed E-state index contributed by atoms with van der Waals surface area (Å²) in [5.41, 5.74) is 0.806. The molecule has 1 amide bonds. The third-order valence-corrected chi connectivity index (χ3v) is 4.68. The van der Waals surface area contributed by atoms with Crippen LogP contribution in [0.25, 0.3) is 10.2 Å². The third-order valence-electron chi connectivity index (χ3n) is 3.14. The second-order valence-electron chi connectivity index (χ2n) is 4.76. The van der Waals surface area contributed by atoms with Gasteiger partial charge in [-0.2, -0.15) is 10.1 Å². The van der Waals surface area contributed by atoms with Gasteiger partial charge in [-0.3, -0.25) is 9.59 Å². The topological polar surface area (TPSA) is 91.4 Å². The molecule has 0 N–H and O–H groups in total. The highest BCUT2D eigenvalue weighted by atomic mass is 79.9. The highest BCUT2D eigenvalue weighted by Gasteiger charge is 2.12. The van der Waals surface area contributed by atoms with E-state index in [1.807, 2.05) is 18.2 Å². The van der Waals surface area contributed by atoms with E-state index in [9.17, 15) is 9.59 Å². The van der Waals surface area contributed by atoms with Gasteiger partial charge in [-0.05, 0) is 18.2 Å². The minimum atomic E-state index is -0.414. The van der Waals surface area contributed by atoms with Crippen LogP contribution in [0, 0.1) is 0 Å². The number of hydrogen-bond acceptors (Lipinski definition) is 6. The summed E-state index contributed by atoms with van der Waals surface area (Å²) in [6.07, 6.45) is 2.79. The molecule has 0 bridgehead atoms. The van der Waals surface area contributed by atoms with Gasteiger partial charge in [-0.15, -0.1) is 0 Å². The minimum absolute atomic E-state index is 0.0177. The number of rotatable bonds is 4. The van der Waals surface area contributed by atoms with Gasteiger partial charge in [-0.1, -0.05) is 27.3 Å². The van der Waals surface area contributed by atoms with Crippen LogP contribution in [0.15, 0.2) is 40.3 Å². The monoisotopic (exact) mass is 409 g/mol. The molecule has 0 aliphatic carbocycles. The van der Waals surface area contributed by atoms with Gasteiger partial charge in [0.2, 0.25) is 0 Å². The lowest BCUT2D eigenvalue weighted by Gasteiger charge is -2.03. The fourth-order valence-electron chi connectivity index (χ4n) is 2.07. The van der Waals surface area contributed by atoms with Gasteiger partial charge in [0.15, 0.2) is 4.80 Å². The normalized spacial score (nSPS) is 11.8. The van der Waals surface area contributed by atoms with Crippen LogP contribution >= 0.6 is 27.3 Å². The van der Waals surface area contributed by atoms with Crippen molar-refractivity contribution in [3.05, 3.63) is 40.1 Å². The molecule has 0 fully saturated rings. The van der Waals surface area contributed by atoms with Crippen molar-refractivity contribution in [2.75, 3.05) is 7.11 Å². The largest absolute Gasteiger partial charge is 0.468 e. The van der Waals surface area contributed by atoms with Crippen molar-refractivity contribution in [1.82, 2.24) is 19.3 Å². The SMILES string of the molecule is COC(=O)Cn1c(=NC(=O)Cn2cncn2)sc2cc(Br)ccc21. The number of hydrogen-bond donors (Lipinski definition) is 0. The Bertz CT molecular complexity index is 961. The first kappa shape index (κ1) is 16.5. The van der Waals surface area contributed by atoms with E-state index < -0.39 is 5.97 Å². The zero-order valence-corrected chi connectivity index (χ0v) is 15.0. The molecule has 10 heteroatoms. The van der Waals surface area contributed by atoms with Crippen LogP contribution in [0.2, 0.25) is 0 Å². The molecule has 0 saturated heterocycles. The zero-order valence-electron chi connectivity index (χ0n) is 12.5. The Morgan fingerprint density at radius 3 is 2.92 bits per heavy atom. The molecule has 0 saturated carbocycles. The molecule has 0 unspecified atom stereocenters. The molecule has 3 aromatic rings. The molecule has 124 valence electrons. The average molecular weight is 410 g/mol. The minimum Gasteiger partial charge on any atom is -0.468 e. The number of benzene rings is 1. The van der Waals surface area contributed by atoms with Crippen molar-refractivity contribution in [3.8, 4) is 0 Å². The summed E-state index contributed by atoms with van der Waals surface area (Å²) < 4.78 is 9.59. The van der Waals surface area contributed by atoms with Crippen molar-refractivity contribution >= 4 is 49.4 Å². The van der Waals surface area contributed by atoms with Gasteiger partial charge in [0.05, 0.1) is 17.3 Å². The molecule has 0 aliphatic heterocycles. The molecule has 3 rings (SSSR count). The Morgan fingerprint density at radius 1 is 1.38 bits per heavy atom. The van der Waals surface area contributed by atoms with Crippen molar-refractivity contribution in [1.29, 1.82) is 0 Å². The number of ether oxygens (including phenoxy) is 1. The predicted molar refractivity (Wildman–Crippen MR) is 90.1 cm³/mol. The van der Waals surface area contributed by atoms with Crippen LogP contribution in [0.3, 0.4) is 0 Å². The van der Waals surface area contributed by atoms with Gasteiger partial charge < -0.3 is 9.30 Å². The number of aromatic nitrogens is 4. The van der Waals surface area contributed by atoms with E-state index >= 15 is 0 Å². The van der Waals surface area contributed by atoms with Crippen LogP contribution in [0.1, 0.15) is 0 Å². The highest BCUT2D eigenvalue weighted by molar-refractivity contribution is 9.10. The Kier molecular flexibility index (Phi) is 4.86. The third kappa shape index (κ3) is 3.60. The Labute approximate surface area is 148 Å². The summed E-state index contributed by atoms with van der Waals surface area (Å²) in [5, 5.41) is 3.88. The maximum Gasteiger partial charge on any atom is 0.325 e. The summed E-state index contributed by atoms with van der Waals surface area (Å²) in [6, 6.07) is 5.64. The van der Waals surface area contributed by atoms with Crippen LogP contribution in [0.4, 0.5) is 0 Å². The lowest BCUT2D eigenvalue weighted by Crippen LogP contribution is -2.23. The Balaban J connectivity index is 2.04. The van der Waals surface area contributed by atoms with E-state index in [2.05, 4.69) is 31.0 Å². The second kappa shape index (κ2) is 7.05. The van der Waals surface area contributed by atoms with E-state index in [1.165, 1.54) is 35.8 Å². The number of methoxy groups -OCH3 is 1. The molecular weight excluding hydrogens is 398 g/mol. The molecule has 0 aliphatic rings. The molecule has 2 heterocycles. The van der Waals surface area contributed by atoms with Gasteiger partial charge >= 0.3 is 5.97 Å². The number of fused-ring (bicyclic) bond motifs is 1. The fraction of sp³-hybridized carbons (Fsp3) is 0.214. The Hall–Kier alpha value is -2.33. The van der Waals surface area contributed by atoms with Gasteiger partial charge in [-0.25, -0.2) is 9.67 Å². The summed E-state index contributed by atoms with van der Waals surface area (Å²) in [5.74, 6) is -0.799. The van der Waals surface area contributed by atoms with Crippen molar-refractivity contribution in [2.45, 2.75) is 13.1 Å². The van der Waals surface area contributed by atoms with Gasteiger partial charge in [0.25, 0.3) is 5.91 Å². The predicted octanol–water partition coefficient (Wildman–Crippen LogP) is 1.36. The first-order chi connectivity index (χ1) is 11.6. The van der Waals surface area contributed by atoms with Crippen molar-refractivity contribution in [3.63, 3.8) is 0 Å². The summed E-state index contributed by atoms with van der Waals surface area (Å²) in [7, 11) is 1.32. The fourth-order valence-corrected chi connectivity index (χ4v) is 3.67. The number of nitrogens with zero attached hydrogens (tertiary/aromatic N) is 5. The molecule has 0 radical (unpaired) electrons. The summed E-state index contributed by atoms with van der Waals surface area (Å²) in [4.78, 5) is 32.2. The van der Waals surface area contributed by atoms with E-state index in [-0.39, 0.29) is 19.0 Å². The number of amides is 1. The smallest absolute Gasteiger partial charge is 0.325 e. The highest BCUT2D eigenvalue weighted by Crippen LogP contribution is 2.22. The molecule has 1 aromatic carbocycles. The first-order valence-corrected chi connectivity index (χ1v) is 8.43. The van der Waals surface area contributed by atoms with E-state index in [1.54, 1.807) is 4.57 Å². The maximum atomic E-state index is 12.1. The maximum absolute atomic E-state index is 12.1. The van der Waals surface area contributed by atoms with Gasteiger partial charge in [0.1, 0.15) is 25.7 Å². The number of thiazole rings is 1. The van der Waals surface area contributed by atoms with Crippen LogP contribution < -0.4 is 4.80 Å². The molecular formula is C14H12BrN5O3S. The Morgan fingerprint density at radius 2 is 2.21 bits per heavy atom. The molecule has 0 spiro atoms. The van der Waals surface area contributed by atoms with Crippen molar-refractivity contribution < 1.29 is 14.3 Å². The molecule has 0 atom stereocenters. The van der Waals surface area contributed by atoms with Crippen molar-refractivity contribution in [2.24, 2.45) is 4.99 Å². The number of carbonyl (C=O) groups is 2.